The number of rotatable bonds is 4. The molecule has 0 aliphatic rings. The molecule has 0 aliphatic carbocycles. The van der Waals surface area contributed by atoms with Crippen molar-refractivity contribution >= 4 is 17.1 Å². The number of aryl methyl sites for hydroxylation is 1. The van der Waals surface area contributed by atoms with Gasteiger partial charge in [0.1, 0.15) is 11.6 Å². The number of nitrogens with one attached hydrogen (secondary N) is 1. The van der Waals surface area contributed by atoms with E-state index in [9.17, 15) is 4.39 Å². The van der Waals surface area contributed by atoms with Gasteiger partial charge in [0.2, 0.25) is 0 Å². The summed E-state index contributed by atoms with van der Waals surface area (Å²) in [6.45, 7) is 4.21. The minimum atomic E-state index is -0.304. The summed E-state index contributed by atoms with van der Waals surface area (Å²) in [5.41, 5.74) is 8.22. The molecule has 3 N–H and O–H groups in total. The molecule has 0 aliphatic heterocycles. The molecule has 0 heterocycles. The first-order chi connectivity index (χ1) is 9.11. The van der Waals surface area contributed by atoms with E-state index in [4.69, 9.17) is 10.5 Å². The third-order valence-electron chi connectivity index (χ3n) is 2.79. The molecule has 0 unspecified atom stereocenters. The zero-order valence-corrected chi connectivity index (χ0v) is 11.0. The maximum Gasteiger partial charge on any atom is 0.142 e. The second-order valence-corrected chi connectivity index (χ2v) is 4.24. The van der Waals surface area contributed by atoms with Crippen LogP contribution in [-0.2, 0) is 0 Å². The van der Waals surface area contributed by atoms with Crippen molar-refractivity contribution in [2.45, 2.75) is 13.8 Å². The molecule has 0 fully saturated rings. The maximum absolute atomic E-state index is 13.4. The molecule has 2 aromatic carbocycles. The number of hydrogen-bond acceptors (Lipinski definition) is 3. The Morgan fingerprint density at radius 3 is 2.68 bits per heavy atom. The highest BCUT2D eigenvalue weighted by atomic mass is 19.1. The second kappa shape index (κ2) is 5.61. The van der Waals surface area contributed by atoms with Crippen molar-refractivity contribution in [2.24, 2.45) is 0 Å². The highest BCUT2D eigenvalue weighted by molar-refractivity contribution is 5.75. The molecule has 0 bridgehead atoms. The van der Waals surface area contributed by atoms with Gasteiger partial charge >= 0.3 is 0 Å². The zero-order valence-electron chi connectivity index (χ0n) is 11.0. The van der Waals surface area contributed by atoms with Crippen LogP contribution in [0.5, 0.6) is 5.75 Å². The van der Waals surface area contributed by atoms with Gasteiger partial charge in [0, 0.05) is 0 Å². The van der Waals surface area contributed by atoms with Gasteiger partial charge in [0.25, 0.3) is 0 Å². The van der Waals surface area contributed by atoms with Crippen molar-refractivity contribution in [1.29, 1.82) is 0 Å². The van der Waals surface area contributed by atoms with Crippen LogP contribution in [0.25, 0.3) is 0 Å². The van der Waals surface area contributed by atoms with Crippen molar-refractivity contribution < 1.29 is 9.13 Å². The summed E-state index contributed by atoms with van der Waals surface area (Å²) in [6, 6.07) is 10.6. The molecule has 0 saturated carbocycles. The number of benzene rings is 2. The van der Waals surface area contributed by atoms with E-state index in [1.165, 1.54) is 6.07 Å². The average Bonchev–Trinajstić information content (AvgIpc) is 2.38. The van der Waals surface area contributed by atoms with Gasteiger partial charge in [-0.25, -0.2) is 4.39 Å². The quantitative estimate of drug-likeness (QED) is 0.821. The van der Waals surface area contributed by atoms with Crippen LogP contribution in [0.2, 0.25) is 0 Å². The number of nitrogens with two attached hydrogens (primary N) is 1. The molecule has 2 rings (SSSR count). The SMILES string of the molecule is CCOc1ccccc1Nc1cc(C)c(F)cc1N. The number of halogens is 1. The van der Waals surface area contributed by atoms with Crippen LogP contribution in [0.15, 0.2) is 36.4 Å². The third-order valence-corrected chi connectivity index (χ3v) is 2.79. The lowest BCUT2D eigenvalue weighted by Crippen LogP contribution is -2.01. The lowest BCUT2D eigenvalue weighted by molar-refractivity contribution is 0.342. The Bertz CT molecular complexity index is 584. The highest BCUT2D eigenvalue weighted by Crippen LogP contribution is 2.31. The van der Waals surface area contributed by atoms with Crippen LogP contribution in [0.4, 0.5) is 21.5 Å². The largest absolute Gasteiger partial charge is 0.492 e. The standard InChI is InChI=1S/C15H17FN2O/c1-3-19-15-7-5-4-6-13(15)18-14-8-10(2)11(16)9-12(14)17/h4-9,18H,3,17H2,1-2H3. The van der Waals surface area contributed by atoms with Gasteiger partial charge in [-0.05, 0) is 43.7 Å². The molecule has 3 nitrogen and oxygen atoms in total. The fraction of sp³-hybridized carbons (Fsp3) is 0.200. The average molecular weight is 260 g/mol. The van der Waals surface area contributed by atoms with E-state index in [1.807, 2.05) is 31.2 Å². The first-order valence-electron chi connectivity index (χ1n) is 6.16. The van der Waals surface area contributed by atoms with E-state index in [2.05, 4.69) is 5.32 Å². The normalized spacial score (nSPS) is 10.3. The van der Waals surface area contributed by atoms with Gasteiger partial charge in [0.05, 0.1) is 23.7 Å². The van der Waals surface area contributed by atoms with Crippen LogP contribution < -0.4 is 15.8 Å². The van der Waals surface area contributed by atoms with Crippen molar-refractivity contribution in [1.82, 2.24) is 0 Å². The van der Waals surface area contributed by atoms with Crippen molar-refractivity contribution in [3.05, 3.63) is 47.8 Å². The summed E-state index contributed by atoms with van der Waals surface area (Å²) in [5, 5.41) is 3.18. The van der Waals surface area contributed by atoms with Crippen molar-refractivity contribution in [3.8, 4) is 5.75 Å². The molecule has 0 amide bonds. The minimum Gasteiger partial charge on any atom is -0.492 e. The molecule has 0 aromatic heterocycles. The summed E-state index contributed by atoms with van der Waals surface area (Å²) in [6.07, 6.45) is 0. The predicted octanol–water partition coefficient (Wildman–Crippen LogP) is 3.86. The fourth-order valence-electron chi connectivity index (χ4n) is 1.80. The van der Waals surface area contributed by atoms with Crippen LogP contribution in [0, 0.1) is 12.7 Å². The second-order valence-electron chi connectivity index (χ2n) is 4.24. The summed E-state index contributed by atoms with van der Waals surface area (Å²) in [5.74, 6) is 0.438. The van der Waals surface area contributed by atoms with Gasteiger partial charge in [-0.15, -0.1) is 0 Å². The summed E-state index contributed by atoms with van der Waals surface area (Å²) < 4.78 is 18.9. The molecule has 0 radical (unpaired) electrons. The Kier molecular flexibility index (Phi) is 3.90. The van der Waals surface area contributed by atoms with Crippen LogP contribution >= 0.6 is 0 Å². The Morgan fingerprint density at radius 2 is 1.95 bits per heavy atom. The van der Waals surface area contributed by atoms with Crippen molar-refractivity contribution in [3.63, 3.8) is 0 Å². The van der Waals surface area contributed by atoms with Crippen LogP contribution in [0.1, 0.15) is 12.5 Å². The molecule has 0 saturated heterocycles. The maximum atomic E-state index is 13.4. The van der Waals surface area contributed by atoms with Crippen LogP contribution in [0.3, 0.4) is 0 Å². The molecule has 100 valence electrons. The summed E-state index contributed by atoms with van der Waals surface area (Å²) >= 11 is 0. The number of ether oxygens (including phenoxy) is 1. The lowest BCUT2D eigenvalue weighted by Gasteiger charge is -2.14. The van der Waals surface area contributed by atoms with Gasteiger partial charge in [0.15, 0.2) is 0 Å². The van der Waals surface area contributed by atoms with E-state index in [1.54, 1.807) is 13.0 Å². The molecular formula is C15H17FN2O. The predicted molar refractivity (Wildman–Crippen MR) is 76.4 cm³/mol. The Labute approximate surface area is 112 Å². The Hall–Kier alpha value is -2.23. The molecular weight excluding hydrogens is 243 g/mol. The molecule has 19 heavy (non-hydrogen) atoms. The molecule has 0 atom stereocenters. The van der Waals surface area contributed by atoms with Gasteiger partial charge in [-0.1, -0.05) is 12.1 Å². The smallest absolute Gasteiger partial charge is 0.142 e. The summed E-state index contributed by atoms with van der Waals surface area (Å²) in [7, 11) is 0. The fourth-order valence-corrected chi connectivity index (χ4v) is 1.80. The number of para-hydroxylation sites is 2. The van der Waals surface area contributed by atoms with Crippen LogP contribution in [-0.4, -0.2) is 6.61 Å². The molecule has 4 heteroatoms. The number of nitrogen functional groups attached to an aromatic ring is 1. The number of anilines is 3. The molecule has 2 aromatic rings. The lowest BCUT2D eigenvalue weighted by atomic mass is 10.1. The minimum absolute atomic E-state index is 0.304. The topological polar surface area (TPSA) is 47.3 Å². The van der Waals surface area contributed by atoms with Gasteiger partial charge in [-0.3, -0.25) is 0 Å². The summed E-state index contributed by atoms with van der Waals surface area (Å²) in [4.78, 5) is 0. The van der Waals surface area contributed by atoms with Crippen molar-refractivity contribution in [2.75, 3.05) is 17.7 Å². The zero-order chi connectivity index (χ0) is 13.8. The van der Waals surface area contributed by atoms with E-state index in [0.717, 1.165) is 11.4 Å². The Morgan fingerprint density at radius 1 is 1.21 bits per heavy atom. The third kappa shape index (κ3) is 2.96. The van der Waals surface area contributed by atoms with E-state index < -0.39 is 0 Å². The first-order valence-corrected chi connectivity index (χ1v) is 6.16. The monoisotopic (exact) mass is 260 g/mol. The molecule has 0 spiro atoms. The van der Waals surface area contributed by atoms with Gasteiger partial charge < -0.3 is 15.8 Å². The Balaban J connectivity index is 2.33. The highest BCUT2D eigenvalue weighted by Gasteiger charge is 2.08. The van der Waals surface area contributed by atoms with E-state index >= 15 is 0 Å². The first kappa shape index (κ1) is 13.2. The number of hydrogen-bond donors (Lipinski definition) is 2. The van der Waals surface area contributed by atoms with E-state index in [0.29, 0.717) is 23.5 Å². The van der Waals surface area contributed by atoms with Gasteiger partial charge in [-0.2, -0.15) is 0 Å². The van der Waals surface area contributed by atoms with E-state index in [-0.39, 0.29) is 5.82 Å².